The number of nitrogens with two attached hydrogens (primary N) is 1. The monoisotopic (exact) mass is 334 g/mol. The molecule has 0 aromatic heterocycles. The van der Waals surface area contributed by atoms with E-state index in [1.807, 2.05) is 0 Å². The molecule has 5 nitrogen and oxygen atoms in total. The summed E-state index contributed by atoms with van der Waals surface area (Å²) in [4.78, 5) is -0.485. The largest absolute Gasteiger partial charge is 0.399 e. The topological polar surface area (TPSA) is 83.6 Å². The highest BCUT2D eigenvalue weighted by molar-refractivity contribution is 7.89. The predicted octanol–water partition coefficient (Wildman–Crippen LogP) is 1.74. The van der Waals surface area contributed by atoms with Crippen LogP contribution in [0.3, 0.4) is 0 Å². The molecular weight excluding hydrogens is 319 g/mol. The number of halogens is 2. The summed E-state index contributed by atoms with van der Waals surface area (Å²) in [5.74, 6) is -0.976. The molecule has 2 saturated heterocycles. The van der Waals surface area contributed by atoms with Crippen molar-refractivity contribution in [2.45, 2.75) is 48.8 Å². The zero-order valence-electron chi connectivity index (χ0n) is 11.2. The van der Waals surface area contributed by atoms with Gasteiger partial charge in [-0.2, -0.15) is 4.31 Å². The molecule has 2 heterocycles. The van der Waals surface area contributed by atoms with Crippen molar-refractivity contribution in [2.75, 3.05) is 5.73 Å². The third-order valence-electron chi connectivity index (χ3n) is 4.21. The van der Waals surface area contributed by atoms with E-state index in [1.54, 1.807) is 0 Å². The van der Waals surface area contributed by atoms with Crippen LogP contribution in [-0.4, -0.2) is 36.0 Å². The van der Waals surface area contributed by atoms with E-state index in [1.165, 1.54) is 10.4 Å². The van der Waals surface area contributed by atoms with Gasteiger partial charge in [-0.15, -0.1) is 0 Å². The zero-order chi connectivity index (χ0) is 15.4. The van der Waals surface area contributed by atoms with Gasteiger partial charge in [0.2, 0.25) is 10.0 Å². The Morgan fingerprint density at radius 2 is 1.86 bits per heavy atom. The van der Waals surface area contributed by atoms with Gasteiger partial charge in [0.05, 0.1) is 11.1 Å². The van der Waals surface area contributed by atoms with Gasteiger partial charge in [0.15, 0.2) is 5.82 Å². The van der Waals surface area contributed by atoms with E-state index in [0.29, 0.717) is 25.7 Å². The molecule has 8 heteroatoms. The second kappa shape index (κ2) is 5.08. The third-order valence-corrected chi connectivity index (χ3v) is 6.49. The fraction of sp³-hybridized carbons (Fsp3) is 0.538. The van der Waals surface area contributed by atoms with Crippen LogP contribution in [-0.2, 0) is 10.0 Å². The summed E-state index contributed by atoms with van der Waals surface area (Å²) in [6.07, 6.45) is 1.63. The molecule has 1 aromatic carbocycles. The Bertz CT molecular complexity index is 668. The summed E-state index contributed by atoms with van der Waals surface area (Å²) in [6.45, 7) is 0. The maximum atomic E-state index is 14.1. The number of nitrogens with zero attached hydrogens (tertiary/aromatic N) is 1. The lowest BCUT2D eigenvalue weighted by molar-refractivity contribution is 0.0768. The van der Waals surface area contributed by atoms with E-state index in [2.05, 4.69) is 0 Å². The standard InChI is InChI=1S/C13H16ClFN2O3S/c14-11-3-7(16)4-12(13(11)15)21(19,20)17-8-1-2-9(17)6-10(18)5-8/h3-4,8-10,18H,1-2,5-6,16H2. The van der Waals surface area contributed by atoms with Crippen molar-refractivity contribution in [1.29, 1.82) is 0 Å². The number of anilines is 1. The highest BCUT2D eigenvalue weighted by Crippen LogP contribution is 2.41. The van der Waals surface area contributed by atoms with Crippen LogP contribution in [0.2, 0.25) is 5.02 Å². The van der Waals surface area contributed by atoms with E-state index in [4.69, 9.17) is 17.3 Å². The molecule has 0 spiro atoms. The molecule has 1 aromatic rings. The van der Waals surface area contributed by atoms with Crippen molar-refractivity contribution >= 4 is 27.3 Å². The number of benzene rings is 1. The molecule has 2 aliphatic rings. The van der Waals surface area contributed by atoms with Crippen LogP contribution in [0.15, 0.2) is 17.0 Å². The summed E-state index contributed by atoms with van der Waals surface area (Å²) in [7, 11) is -4.01. The molecule has 3 rings (SSSR count). The van der Waals surface area contributed by atoms with Crippen LogP contribution in [0.25, 0.3) is 0 Å². The lowest BCUT2D eigenvalue weighted by Crippen LogP contribution is -2.48. The molecule has 2 aliphatic heterocycles. The molecule has 3 N–H and O–H groups in total. The van der Waals surface area contributed by atoms with Crippen molar-refractivity contribution in [3.63, 3.8) is 0 Å². The van der Waals surface area contributed by atoms with E-state index in [0.717, 1.165) is 6.07 Å². The minimum atomic E-state index is -4.01. The summed E-state index contributed by atoms with van der Waals surface area (Å²) in [6, 6.07) is 1.71. The van der Waals surface area contributed by atoms with Crippen LogP contribution in [0, 0.1) is 5.82 Å². The minimum absolute atomic E-state index is 0.101. The Morgan fingerprint density at radius 3 is 2.43 bits per heavy atom. The number of aliphatic hydroxyl groups excluding tert-OH is 1. The van der Waals surface area contributed by atoms with Gasteiger partial charge in [-0.05, 0) is 37.8 Å². The van der Waals surface area contributed by atoms with E-state index < -0.39 is 26.8 Å². The predicted molar refractivity (Wildman–Crippen MR) is 76.9 cm³/mol. The molecule has 2 unspecified atom stereocenters. The summed E-state index contributed by atoms with van der Waals surface area (Å²) >= 11 is 5.70. The van der Waals surface area contributed by atoms with Gasteiger partial charge >= 0.3 is 0 Å². The second-order valence-corrected chi connectivity index (χ2v) is 7.88. The van der Waals surface area contributed by atoms with Gasteiger partial charge in [0, 0.05) is 17.8 Å². The first-order valence-corrected chi connectivity index (χ1v) is 8.58. The highest BCUT2D eigenvalue weighted by Gasteiger charge is 2.47. The van der Waals surface area contributed by atoms with Gasteiger partial charge in [0.1, 0.15) is 4.90 Å². The maximum absolute atomic E-state index is 14.1. The lowest BCUT2D eigenvalue weighted by atomic mass is 10.0. The number of piperidine rings is 1. The number of sulfonamides is 1. The minimum Gasteiger partial charge on any atom is -0.399 e. The van der Waals surface area contributed by atoms with E-state index in [9.17, 15) is 17.9 Å². The van der Waals surface area contributed by atoms with Crippen molar-refractivity contribution in [3.8, 4) is 0 Å². The highest BCUT2D eigenvalue weighted by atomic mass is 35.5. The lowest BCUT2D eigenvalue weighted by Gasteiger charge is -2.36. The number of hydrogen-bond acceptors (Lipinski definition) is 4. The number of rotatable bonds is 2. The molecule has 0 radical (unpaired) electrons. The molecule has 0 amide bonds. The van der Waals surface area contributed by atoms with Crippen LogP contribution in [0.4, 0.5) is 10.1 Å². The maximum Gasteiger partial charge on any atom is 0.246 e. The van der Waals surface area contributed by atoms with Crippen molar-refractivity contribution in [2.24, 2.45) is 0 Å². The van der Waals surface area contributed by atoms with Gasteiger partial charge in [-0.25, -0.2) is 12.8 Å². The second-order valence-electron chi connectivity index (χ2n) is 5.66. The number of hydrogen-bond donors (Lipinski definition) is 2. The van der Waals surface area contributed by atoms with E-state index in [-0.39, 0.29) is 22.8 Å². The van der Waals surface area contributed by atoms with Crippen LogP contribution < -0.4 is 5.73 Å². The van der Waals surface area contributed by atoms with Crippen LogP contribution in [0.1, 0.15) is 25.7 Å². The van der Waals surface area contributed by atoms with Crippen molar-refractivity contribution in [1.82, 2.24) is 4.31 Å². The SMILES string of the molecule is Nc1cc(Cl)c(F)c(S(=O)(=O)N2C3CCC2CC(O)C3)c1. The fourth-order valence-corrected chi connectivity index (χ4v) is 5.68. The Hall–Kier alpha value is -0.890. The summed E-state index contributed by atoms with van der Waals surface area (Å²) < 4.78 is 41.0. The zero-order valence-corrected chi connectivity index (χ0v) is 12.7. The first-order chi connectivity index (χ1) is 9.80. The van der Waals surface area contributed by atoms with Gasteiger partial charge in [-0.3, -0.25) is 0 Å². The molecule has 0 aliphatic carbocycles. The molecule has 2 atom stereocenters. The molecule has 116 valence electrons. The fourth-order valence-electron chi connectivity index (χ4n) is 3.38. The molecule has 21 heavy (non-hydrogen) atoms. The Morgan fingerprint density at radius 1 is 1.29 bits per heavy atom. The Balaban J connectivity index is 2.06. The number of aliphatic hydroxyl groups is 1. The van der Waals surface area contributed by atoms with Gasteiger partial charge < -0.3 is 10.8 Å². The Kier molecular flexibility index (Phi) is 3.64. The van der Waals surface area contributed by atoms with Crippen LogP contribution >= 0.6 is 11.6 Å². The number of fused-ring (bicyclic) bond motifs is 2. The van der Waals surface area contributed by atoms with E-state index >= 15 is 0 Å². The van der Waals surface area contributed by atoms with Crippen molar-refractivity contribution in [3.05, 3.63) is 23.0 Å². The molecule has 2 bridgehead atoms. The average Bonchev–Trinajstić information content (AvgIpc) is 2.67. The third kappa shape index (κ3) is 2.42. The average molecular weight is 335 g/mol. The number of nitrogen functional groups attached to an aromatic ring is 1. The molecule has 2 fully saturated rings. The summed E-state index contributed by atoms with van der Waals surface area (Å²) in [5, 5.41) is 9.44. The first-order valence-electron chi connectivity index (χ1n) is 6.77. The van der Waals surface area contributed by atoms with Crippen molar-refractivity contribution < 1.29 is 17.9 Å². The van der Waals surface area contributed by atoms with Gasteiger partial charge in [-0.1, -0.05) is 11.6 Å². The normalized spacial score (nSPS) is 29.8. The molecule has 0 saturated carbocycles. The molecular formula is C13H16ClFN2O3S. The first kappa shape index (κ1) is 15.0. The van der Waals surface area contributed by atoms with Crippen LogP contribution in [0.5, 0.6) is 0 Å². The van der Waals surface area contributed by atoms with Gasteiger partial charge in [0.25, 0.3) is 0 Å². The quantitative estimate of drug-likeness (QED) is 0.807. The smallest absolute Gasteiger partial charge is 0.246 e. The Labute approximate surface area is 127 Å². The summed E-state index contributed by atoms with van der Waals surface area (Å²) in [5.41, 5.74) is 5.69.